The Morgan fingerprint density at radius 3 is 2.29 bits per heavy atom. The standard InChI is InChI=1S/C20H24N2O4.C3H6.C2H6/c1-24-20(23)14-18-5-2-17(15-21-18)16-3-6-19(7-4-16)26-13-10-22-8-11-25-12-9-22;1-3-2;1-2/h2-7,15H,8-14H2,1H3;3H,1H2,2H3;1-2H3. The first-order chi connectivity index (χ1) is 15.2. The lowest BCUT2D eigenvalue weighted by molar-refractivity contribution is -0.139. The number of carbonyl (C=O) groups is 1. The summed E-state index contributed by atoms with van der Waals surface area (Å²) in [6.45, 7) is 14.4. The molecule has 0 saturated carbocycles. The summed E-state index contributed by atoms with van der Waals surface area (Å²) >= 11 is 0. The summed E-state index contributed by atoms with van der Waals surface area (Å²) in [7, 11) is 1.38. The molecule has 0 spiro atoms. The number of carbonyl (C=O) groups excluding carboxylic acids is 1. The lowest BCUT2D eigenvalue weighted by atomic mass is 10.1. The van der Waals surface area contributed by atoms with Crippen molar-refractivity contribution in [3.8, 4) is 16.9 Å². The summed E-state index contributed by atoms with van der Waals surface area (Å²) in [6, 6.07) is 11.8. The van der Waals surface area contributed by atoms with Crippen molar-refractivity contribution in [3.05, 3.63) is 60.9 Å². The van der Waals surface area contributed by atoms with E-state index in [1.54, 1.807) is 12.3 Å². The Labute approximate surface area is 186 Å². The predicted octanol–water partition coefficient (Wildman–Crippen LogP) is 4.39. The van der Waals surface area contributed by atoms with Crippen molar-refractivity contribution >= 4 is 5.97 Å². The number of pyridine rings is 1. The second-order valence-corrected chi connectivity index (χ2v) is 6.53. The van der Waals surface area contributed by atoms with Crippen molar-refractivity contribution in [2.24, 2.45) is 0 Å². The van der Waals surface area contributed by atoms with Crippen LogP contribution in [0.1, 0.15) is 26.5 Å². The van der Waals surface area contributed by atoms with E-state index in [0.717, 1.165) is 49.7 Å². The van der Waals surface area contributed by atoms with E-state index in [0.29, 0.717) is 12.3 Å². The van der Waals surface area contributed by atoms with Gasteiger partial charge in [0, 0.05) is 31.4 Å². The summed E-state index contributed by atoms with van der Waals surface area (Å²) in [5, 5.41) is 0. The van der Waals surface area contributed by atoms with E-state index >= 15 is 0 Å². The van der Waals surface area contributed by atoms with Gasteiger partial charge in [-0.25, -0.2) is 0 Å². The predicted molar refractivity (Wildman–Crippen MR) is 125 cm³/mol. The lowest BCUT2D eigenvalue weighted by Crippen LogP contribution is -2.38. The minimum atomic E-state index is -0.288. The molecule has 0 aliphatic carbocycles. The maximum absolute atomic E-state index is 11.3. The Morgan fingerprint density at radius 2 is 1.74 bits per heavy atom. The van der Waals surface area contributed by atoms with E-state index in [9.17, 15) is 4.79 Å². The maximum Gasteiger partial charge on any atom is 0.311 e. The number of benzene rings is 1. The van der Waals surface area contributed by atoms with Gasteiger partial charge in [-0.2, -0.15) is 0 Å². The Morgan fingerprint density at radius 1 is 1.13 bits per heavy atom. The largest absolute Gasteiger partial charge is 0.492 e. The second kappa shape index (κ2) is 16.1. The highest BCUT2D eigenvalue weighted by Crippen LogP contribution is 2.22. The number of allylic oxidation sites excluding steroid dienone is 1. The van der Waals surface area contributed by atoms with Crippen LogP contribution in [0.25, 0.3) is 11.1 Å². The van der Waals surface area contributed by atoms with Gasteiger partial charge in [0.15, 0.2) is 0 Å². The number of aromatic nitrogens is 1. The molecule has 1 saturated heterocycles. The number of rotatable bonds is 7. The van der Waals surface area contributed by atoms with E-state index in [2.05, 4.69) is 21.2 Å². The zero-order valence-electron chi connectivity index (χ0n) is 19.3. The fraction of sp³-hybridized carbons (Fsp3) is 0.440. The molecule has 1 aliphatic heterocycles. The first kappa shape index (κ1) is 26.3. The number of hydrogen-bond donors (Lipinski definition) is 0. The SMILES string of the molecule is C=CC.CC.COC(=O)Cc1ccc(-c2ccc(OCCN3CCOCC3)cc2)cn1. The van der Waals surface area contributed by atoms with Crippen molar-refractivity contribution in [1.82, 2.24) is 9.88 Å². The van der Waals surface area contributed by atoms with Crippen LogP contribution in [0.4, 0.5) is 0 Å². The van der Waals surface area contributed by atoms with Gasteiger partial charge in [-0.05, 0) is 30.7 Å². The van der Waals surface area contributed by atoms with Crippen LogP contribution in [-0.2, 0) is 20.7 Å². The van der Waals surface area contributed by atoms with Crippen LogP contribution in [0.15, 0.2) is 55.3 Å². The van der Waals surface area contributed by atoms with Gasteiger partial charge in [-0.1, -0.05) is 38.1 Å². The van der Waals surface area contributed by atoms with Crippen LogP contribution in [-0.4, -0.2) is 62.4 Å². The van der Waals surface area contributed by atoms with Crippen LogP contribution in [0.2, 0.25) is 0 Å². The number of ether oxygens (including phenoxy) is 3. The average Bonchev–Trinajstić information content (AvgIpc) is 2.82. The minimum absolute atomic E-state index is 0.187. The maximum atomic E-state index is 11.3. The molecule has 6 heteroatoms. The lowest BCUT2D eigenvalue weighted by Gasteiger charge is -2.26. The van der Waals surface area contributed by atoms with Crippen LogP contribution < -0.4 is 4.74 Å². The number of nitrogens with zero attached hydrogens (tertiary/aromatic N) is 2. The van der Waals surface area contributed by atoms with Gasteiger partial charge >= 0.3 is 5.97 Å². The number of hydrogen-bond acceptors (Lipinski definition) is 6. The fourth-order valence-electron chi connectivity index (χ4n) is 2.78. The Hall–Kier alpha value is -2.70. The minimum Gasteiger partial charge on any atom is -0.492 e. The molecule has 6 nitrogen and oxygen atoms in total. The fourth-order valence-corrected chi connectivity index (χ4v) is 2.78. The van der Waals surface area contributed by atoms with Crippen molar-refractivity contribution in [1.29, 1.82) is 0 Å². The van der Waals surface area contributed by atoms with E-state index < -0.39 is 0 Å². The Bertz CT molecular complexity index is 739. The third-order valence-electron chi connectivity index (χ3n) is 4.35. The third-order valence-corrected chi connectivity index (χ3v) is 4.35. The van der Waals surface area contributed by atoms with E-state index in [1.165, 1.54) is 7.11 Å². The molecule has 0 radical (unpaired) electrons. The van der Waals surface area contributed by atoms with Gasteiger partial charge in [-0.15, -0.1) is 6.58 Å². The molecule has 1 fully saturated rings. The average molecular weight is 429 g/mol. The zero-order valence-corrected chi connectivity index (χ0v) is 19.3. The molecule has 0 atom stereocenters. The monoisotopic (exact) mass is 428 g/mol. The van der Waals surface area contributed by atoms with Crippen LogP contribution in [0.5, 0.6) is 5.75 Å². The third kappa shape index (κ3) is 10.2. The molecule has 0 N–H and O–H groups in total. The van der Waals surface area contributed by atoms with Gasteiger partial charge < -0.3 is 14.2 Å². The zero-order chi connectivity index (χ0) is 22.9. The summed E-state index contributed by atoms with van der Waals surface area (Å²) < 4.78 is 15.8. The molecule has 1 aliphatic rings. The number of morpholine rings is 1. The molecule has 3 rings (SSSR count). The summed E-state index contributed by atoms with van der Waals surface area (Å²) in [4.78, 5) is 17.9. The molecule has 0 unspecified atom stereocenters. The smallest absolute Gasteiger partial charge is 0.311 e. The van der Waals surface area contributed by atoms with Crippen LogP contribution in [0, 0.1) is 0 Å². The van der Waals surface area contributed by atoms with Crippen LogP contribution >= 0.6 is 0 Å². The second-order valence-electron chi connectivity index (χ2n) is 6.53. The molecule has 170 valence electrons. The summed E-state index contributed by atoms with van der Waals surface area (Å²) in [5.74, 6) is 0.570. The Kier molecular flexibility index (Phi) is 13.6. The number of methoxy groups -OCH3 is 1. The first-order valence-corrected chi connectivity index (χ1v) is 10.8. The molecule has 31 heavy (non-hydrogen) atoms. The first-order valence-electron chi connectivity index (χ1n) is 10.8. The quantitative estimate of drug-likeness (QED) is 0.481. The highest BCUT2D eigenvalue weighted by molar-refractivity contribution is 5.72. The van der Waals surface area contributed by atoms with Crippen molar-refractivity contribution in [2.45, 2.75) is 27.2 Å². The van der Waals surface area contributed by atoms with Crippen molar-refractivity contribution < 1.29 is 19.0 Å². The Balaban J connectivity index is 0.000000884. The highest BCUT2D eigenvalue weighted by atomic mass is 16.5. The van der Waals surface area contributed by atoms with Gasteiger partial charge in [0.05, 0.1) is 32.4 Å². The van der Waals surface area contributed by atoms with E-state index in [-0.39, 0.29) is 12.4 Å². The topological polar surface area (TPSA) is 60.9 Å². The summed E-state index contributed by atoms with van der Waals surface area (Å²) in [5.41, 5.74) is 2.75. The molecular weight excluding hydrogens is 392 g/mol. The summed E-state index contributed by atoms with van der Waals surface area (Å²) in [6.07, 6.45) is 3.71. The molecule has 2 aromatic rings. The van der Waals surface area contributed by atoms with Gasteiger partial charge in [0.2, 0.25) is 0 Å². The van der Waals surface area contributed by atoms with E-state index in [4.69, 9.17) is 9.47 Å². The van der Waals surface area contributed by atoms with Gasteiger partial charge in [0.1, 0.15) is 12.4 Å². The van der Waals surface area contributed by atoms with Gasteiger partial charge in [-0.3, -0.25) is 14.7 Å². The molecular formula is C25H36N2O4. The molecule has 0 bridgehead atoms. The molecule has 0 amide bonds. The molecule has 2 heterocycles. The van der Waals surface area contributed by atoms with E-state index in [1.807, 2.05) is 57.2 Å². The molecule has 1 aromatic heterocycles. The number of esters is 1. The van der Waals surface area contributed by atoms with Crippen molar-refractivity contribution in [2.75, 3.05) is 46.6 Å². The van der Waals surface area contributed by atoms with Crippen molar-refractivity contribution in [3.63, 3.8) is 0 Å². The normalized spacial score (nSPS) is 13.0. The van der Waals surface area contributed by atoms with Gasteiger partial charge in [0.25, 0.3) is 0 Å². The highest BCUT2D eigenvalue weighted by Gasteiger charge is 2.10. The molecule has 1 aromatic carbocycles. The van der Waals surface area contributed by atoms with Crippen LogP contribution in [0.3, 0.4) is 0 Å².